The van der Waals surface area contributed by atoms with Crippen molar-refractivity contribution < 1.29 is 4.52 Å². The van der Waals surface area contributed by atoms with E-state index in [-0.39, 0.29) is 0 Å². The number of anilines is 2. The maximum atomic E-state index is 5.05. The average Bonchev–Trinajstić information content (AvgIpc) is 3.11. The van der Waals surface area contributed by atoms with Gasteiger partial charge >= 0.3 is 0 Å². The first-order valence-electron chi connectivity index (χ1n) is 6.83. The molecule has 2 heterocycles. The van der Waals surface area contributed by atoms with Crippen molar-refractivity contribution >= 4 is 33.9 Å². The lowest BCUT2D eigenvalue weighted by atomic mass is 10.1. The third-order valence-corrected chi connectivity index (χ3v) is 5.28. The molecule has 5 nitrogen and oxygen atoms in total. The molecule has 0 saturated heterocycles. The summed E-state index contributed by atoms with van der Waals surface area (Å²) in [5, 5.41) is 16.5. The van der Waals surface area contributed by atoms with Gasteiger partial charge < -0.3 is 9.84 Å². The van der Waals surface area contributed by atoms with Crippen molar-refractivity contribution in [2.75, 3.05) is 5.32 Å². The minimum atomic E-state index is 0.732. The first-order valence-corrected chi connectivity index (χ1v) is 8.64. The fourth-order valence-corrected chi connectivity index (χ4v) is 3.59. The van der Waals surface area contributed by atoms with Crippen LogP contribution in [0.15, 0.2) is 33.1 Å². The molecule has 0 atom stereocenters. The summed E-state index contributed by atoms with van der Waals surface area (Å²) in [6.45, 7) is 6.08. The van der Waals surface area contributed by atoms with Crippen molar-refractivity contribution in [2.24, 2.45) is 0 Å². The van der Waals surface area contributed by atoms with Gasteiger partial charge in [0.1, 0.15) is 5.76 Å². The van der Waals surface area contributed by atoms with Gasteiger partial charge in [-0.15, -0.1) is 10.2 Å². The number of aromatic nitrogens is 3. The SMILES string of the molecule is Cc1cc(CSc2nnc(Nc3cccc(C)c3C)s2)no1. The Morgan fingerprint density at radius 1 is 1.23 bits per heavy atom. The molecule has 0 aliphatic rings. The Bertz CT molecular complexity index is 781. The molecule has 7 heteroatoms. The van der Waals surface area contributed by atoms with E-state index in [9.17, 15) is 0 Å². The normalized spacial score (nSPS) is 10.9. The molecule has 1 N–H and O–H groups in total. The Hall–Kier alpha value is -1.86. The van der Waals surface area contributed by atoms with E-state index < -0.39 is 0 Å². The molecule has 0 unspecified atom stereocenters. The van der Waals surface area contributed by atoms with Crippen LogP contribution in [0.2, 0.25) is 0 Å². The van der Waals surface area contributed by atoms with Gasteiger partial charge in [-0.2, -0.15) is 0 Å². The molecule has 0 spiro atoms. The van der Waals surface area contributed by atoms with Crippen LogP contribution in [0.3, 0.4) is 0 Å². The first-order chi connectivity index (χ1) is 10.6. The van der Waals surface area contributed by atoms with Gasteiger partial charge in [0.25, 0.3) is 0 Å². The van der Waals surface area contributed by atoms with E-state index >= 15 is 0 Å². The van der Waals surface area contributed by atoms with E-state index in [1.165, 1.54) is 22.5 Å². The van der Waals surface area contributed by atoms with Crippen LogP contribution < -0.4 is 5.32 Å². The quantitative estimate of drug-likeness (QED) is 0.695. The van der Waals surface area contributed by atoms with Gasteiger partial charge in [-0.3, -0.25) is 0 Å². The highest BCUT2D eigenvalue weighted by molar-refractivity contribution is 8.00. The molecule has 0 radical (unpaired) electrons. The first kappa shape index (κ1) is 15.1. The third kappa shape index (κ3) is 3.48. The zero-order valence-corrected chi connectivity index (χ0v) is 14.2. The Morgan fingerprint density at radius 3 is 2.86 bits per heavy atom. The van der Waals surface area contributed by atoms with E-state index in [2.05, 4.69) is 46.7 Å². The lowest BCUT2D eigenvalue weighted by Gasteiger charge is -2.08. The summed E-state index contributed by atoms with van der Waals surface area (Å²) in [6, 6.07) is 8.12. The van der Waals surface area contributed by atoms with Crippen molar-refractivity contribution in [1.29, 1.82) is 0 Å². The summed E-state index contributed by atoms with van der Waals surface area (Å²) in [5.41, 5.74) is 4.47. The van der Waals surface area contributed by atoms with Crippen LogP contribution in [0.4, 0.5) is 10.8 Å². The molecule has 22 heavy (non-hydrogen) atoms. The predicted molar refractivity (Wildman–Crippen MR) is 89.9 cm³/mol. The second-order valence-corrected chi connectivity index (χ2v) is 7.16. The van der Waals surface area contributed by atoms with E-state index in [1.807, 2.05) is 19.1 Å². The number of aryl methyl sites for hydroxylation is 2. The minimum absolute atomic E-state index is 0.732. The molecule has 0 aliphatic carbocycles. The maximum Gasteiger partial charge on any atom is 0.210 e. The number of hydrogen-bond acceptors (Lipinski definition) is 7. The van der Waals surface area contributed by atoms with Crippen molar-refractivity contribution in [2.45, 2.75) is 30.9 Å². The zero-order chi connectivity index (χ0) is 15.5. The number of nitrogens with one attached hydrogen (secondary N) is 1. The van der Waals surface area contributed by atoms with Gasteiger partial charge in [-0.05, 0) is 38.0 Å². The Morgan fingerprint density at radius 2 is 2.09 bits per heavy atom. The second kappa shape index (κ2) is 6.50. The second-order valence-electron chi connectivity index (χ2n) is 4.96. The molecule has 0 aliphatic heterocycles. The van der Waals surface area contributed by atoms with E-state index in [4.69, 9.17) is 4.52 Å². The number of benzene rings is 1. The standard InChI is InChI=1S/C15H16N4OS2/c1-9-5-4-6-13(11(9)3)16-14-17-18-15(22-14)21-8-12-7-10(2)20-19-12/h4-7H,8H2,1-3H3,(H,16,17). The van der Waals surface area contributed by atoms with Crippen LogP contribution in [-0.4, -0.2) is 15.4 Å². The van der Waals surface area contributed by atoms with Gasteiger partial charge in [-0.1, -0.05) is 40.4 Å². The number of hydrogen-bond donors (Lipinski definition) is 1. The number of nitrogens with zero attached hydrogens (tertiary/aromatic N) is 3. The van der Waals surface area contributed by atoms with E-state index in [0.717, 1.165) is 32.4 Å². The monoisotopic (exact) mass is 332 g/mol. The average molecular weight is 332 g/mol. The lowest BCUT2D eigenvalue weighted by Crippen LogP contribution is -1.94. The summed E-state index contributed by atoms with van der Waals surface area (Å²) in [6.07, 6.45) is 0. The highest BCUT2D eigenvalue weighted by atomic mass is 32.2. The third-order valence-electron chi connectivity index (χ3n) is 3.27. The number of thioether (sulfide) groups is 1. The summed E-state index contributed by atoms with van der Waals surface area (Å²) >= 11 is 3.15. The molecule has 114 valence electrons. The van der Waals surface area contributed by atoms with Crippen LogP contribution in [0.5, 0.6) is 0 Å². The highest BCUT2D eigenvalue weighted by Crippen LogP contribution is 2.30. The molecule has 2 aromatic heterocycles. The van der Waals surface area contributed by atoms with E-state index in [0.29, 0.717) is 0 Å². The fourth-order valence-electron chi connectivity index (χ4n) is 1.94. The molecule has 3 rings (SSSR count). The predicted octanol–water partition coefficient (Wildman–Crippen LogP) is 4.49. The summed E-state index contributed by atoms with van der Waals surface area (Å²) in [7, 11) is 0. The fraction of sp³-hybridized carbons (Fsp3) is 0.267. The number of rotatable bonds is 5. The lowest BCUT2D eigenvalue weighted by molar-refractivity contribution is 0.393. The molecule has 0 amide bonds. The van der Waals surface area contributed by atoms with Crippen LogP contribution in [-0.2, 0) is 5.75 Å². The minimum Gasteiger partial charge on any atom is -0.361 e. The Labute approximate surface area is 137 Å². The molecule has 3 aromatic rings. The van der Waals surface area contributed by atoms with Gasteiger partial charge in [0.05, 0.1) is 5.69 Å². The highest BCUT2D eigenvalue weighted by Gasteiger charge is 2.09. The summed E-state index contributed by atoms with van der Waals surface area (Å²) < 4.78 is 5.96. The van der Waals surface area contributed by atoms with E-state index in [1.54, 1.807) is 11.8 Å². The van der Waals surface area contributed by atoms with Crippen molar-refractivity contribution in [3.8, 4) is 0 Å². The van der Waals surface area contributed by atoms with Gasteiger partial charge in [0, 0.05) is 17.5 Å². The van der Waals surface area contributed by atoms with Crippen LogP contribution in [0.1, 0.15) is 22.6 Å². The molecular weight excluding hydrogens is 316 g/mol. The smallest absolute Gasteiger partial charge is 0.210 e. The maximum absolute atomic E-state index is 5.05. The van der Waals surface area contributed by atoms with Gasteiger partial charge in [0.15, 0.2) is 4.34 Å². The summed E-state index contributed by atoms with van der Waals surface area (Å²) in [5.74, 6) is 1.56. The van der Waals surface area contributed by atoms with Crippen molar-refractivity contribution in [3.63, 3.8) is 0 Å². The Balaban J connectivity index is 1.65. The van der Waals surface area contributed by atoms with Crippen LogP contribution >= 0.6 is 23.1 Å². The van der Waals surface area contributed by atoms with Crippen LogP contribution in [0, 0.1) is 20.8 Å². The van der Waals surface area contributed by atoms with Crippen molar-refractivity contribution in [3.05, 3.63) is 46.8 Å². The largest absolute Gasteiger partial charge is 0.361 e. The molecule has 0 bridgehead atoms. The zero-order valence-electron chi connectivity index (χ0n) is 12.6. The van der Waals surface area contributed by atoms with Crippen LogP contribution in [0.25, 0.3) is 0 Å². The topological polar surface area (TPSA) is 63.8 Å². The van der Waals surface area contributed by atoms with Crippen molar-refractivity contribution in [1.82, 2.24) is 15.4 Å². The van der Waals surface area contributed by atoms with Gasteiger partial charge in [-0.25, -0.2) is 0 Å². The Kier molecular flexibility index (Phi) is 4.44. The summed E-state index contributed by atoms with van der Waals surface area (Å²) in [4.78, 5) is 0. The molecular formula is C15H16N4OS2. The molecule has 0 saturated carbocycles. The molecule has 0 fully saturated rings. The molecule has 1 aromatic carbocycles. The van der Waals surface area contributed by atoms with Gasteiger partial charge in [0.2, 0.25) is 5.13 Å².